The molecule has 0 saturated carbocycles. The molecule has 0 spiro atoms. The van der Waals surface area contributed by atoms with Gasteiger partial charge in [-0.2, -0.15) is 4.98 Å². The van der Waals surface area contributed by atoms with Crippen molar-refractivity contribution in [3.8, 4) is 0 Å². The van der Waals surface area contributed by atoms with Gasteiger partial charge in [0, 0.05) is 18.9 Å². The topological polar surface area (TPSA) is 49.8 Å². The largest absolute Gasteiger partial charge is 0.357 e. The minimum atomic E-state index is -0.307. The van der Waals surface area contributed by atoms with Gasteiger partial charge in [0.05, 0.1) is 8.95 Å². The number of aromatic nitrogens is 2. The highest BCUT2D eigenvalue weighted by atomic mass is 79.9. The number of nitrogens with zero attached hydrogens (tertiary/aromatic N) is 2. The second-order valence-electron chi connectivity index (χ2n) is 3.39. The van der Waals surface area contributed by atoms with Crippen LogP contribution in [0.1, 0.15) is 0 Å². The Hall–Kier alpha value is -1.21. The molecule has 0 unspecified atom stereocenters. The van der Waals surface area contributed by atoms with Gasteiger partial charge in [0.25, 0.3) is 0 Å². The summed E-state index contributed by atoms with van der Waals surface area (Å²) in [4.78, 5) is 8.30. The Bertz CT molecular complexity index is 577. The molecule has 0 aliphatic heterocycles. The summed E-state index contributed by atoms with van der Waals surface area (Å²) in [7, 11) is 1.74. The van der Waals surface area contributed by atoms with Gasteiger partial charge in [0.1, 0.15) is 11.6 Å². The zero-order valence-electron chi connectivity index (χ0n) is 9.34. The van der Waals surface area contributed by atoms with Crippen LogP contribution in [0.2, 0.25) is 0 Å². The Balaban J connectivity index is 2.30. The highest BCUT2D eigenvalue weighted by molar-refractivity contribution is 9.10. The third-order valence-electron chi connectivity index (χ3n) is 2.15. The molecule has 0 atom stereocenters. The van der Waals surface area contributed by atoms with Gasteiger partial charge in [0.2, 0.25) is 5.95 Å². The molecule has 0 radical (unpaired) electrons. The van der Waals surface area contributed by atoms with Crippen molar-refractivity contribution in [1.82, 2.24) is 9.97 Å². The van der Waals surface area contributed by atoms with Crippen LogP contribution in [0.15, 0.2) is 33.3 Å². The Morgan fingerprint density at radius 2 is 2.00 bits per heavy atom. The van der Waals surface area contributed by atoms with E-state index in [9.17, 15) is 4.39 Å². The Morgan fingerprint density at radius 1 is 1.22 bits per heavy atom. The quantitative estimate of drug-likeness (QED) is 0.853. The van der Waals surface area contributed by atoms with E-state index < -0.39 is 0 Å². The molecule has 1 heterocycles. The van der Waals surface area contributed by atoms with E-state index in [1.807, 2.05) is 0 Å². The summed E-state index contributed by atoms with van der Waals surface area (Å²) in [6.45, 7) is 0. The molecular formula is C11H9Br2FN4. The number of anilines is 3. The molecular weight excluding hydrogens is 367 g/mol. The molecule has 2 aromatic rings. The molecule has 0 saturated heterocycles. The number of hydrogen-bond acceptors (Lipinski definition) is 4. The molecule has 1 aromatic carbocycles. The highest BCUT2D eigenvalue weighted by Crippen LogP contribution is 2.26. The van der Waals surface area contributed by atoms with Gasteiger partial charge in [-0.1, -0.05) is 0 Å². The number of nitrogens with one attached hydrogen (secondary N) is 2. The Morgan fingerprint density at radius 3 is 2.67 bits per heavy atom. The molecule has 94 valence electrons. The zero-order chi connectivity index (χ0) is 13.1. The summed E-state index contributed by atoms with van der Waals surface area (Å²) in [5.41, 5.74) is 0.727. The Kier molecular flexibility index (Phi) is 4.13. The number of hydrogen-bond donors (Lipinski definition) is 2. The third kappa shape index (κ3) is 2.97. The molecule has 0 fully saturated rings. The van der Waals surface area contributed by atoms with Gasteiger partial charge in [-0.05, 0) is 50.1 Å². The molecule has 0 bridgehead atoms. The van der Waals surface area contributed by atoms with E-state index in [0.29, 0.717) is 16.2 Å². The predicted octanol–water partition coefficient (Wildman–Crippen LogP) is 3.93. The van der Waals surface area contributed by atoms with Gasteiger partial charge >= 0.3 is 0 Å². The molecule has 2 rings (SSSR count). The van der Waals surface area contributed by atoms with Crippen molar-refractivity contribution in [2.75, 3.05) is 17.7 Å². The molecule has 7 heteroatoms. The summed E-state index contributed by atoms with van der Waals surface area (Å²) >= 11 is 6.48. The zero-order valence-corrected chi connectivity index (χ0v) is 12.5. The van der Waals surface area contributed by atoms with Crippen LogP contribution in [0.4, 0.5) is 21.8 Å². The summed E-state index contributed by atoms with van der Waals surface area (Å²) in [6.07, 6.45) is 1.64. The smallest absolute Gasteiger partial charge is 0.224 e. The number of halogens is 3. The van der Waals surface area contributed by atoms with Crippen LogP contribution in [0.5, 0.6) is 0 Å². The maximum absolute atomic E-state index is 13.1. The van der Waals surface area contributed by atoms with Crippen LogP contribution in [-0.2, 0) is 0 Å². The second-order valence-corrected chi connectivity index (χ2v) is 5.10. The van der Waals surface area contributed by atoms with Crippen LogP contribution in [0.3, 0.4) is 0 Å². The third-order valence-corrected chi connectivity index (χ3v) is 3.34. The second kappa shape index (κ2) is 5.62. The van der Waals surface area contributed by atoms with Gasteiger partial charge in [-0.3, -0.25) is 0 Å². The van der Waals surface area contributed by atoms with Crippen molar-refractivity contribution in [3.05, 3.63) is 39.2 Å². The number of rotatable bonds is 3. The van der Waals surface area contributed by atoms with E-state index in [-0.39, 0.29) is 5.82 Å². The lowest BCUT2D eigenvalue weighted by atomic mass is 10.3. The van der Waals surface area contributed by atoms with Gasteiger partial charge in [-0.25, -0.2) is 9.37 Å². The lowest BCUT2D eigenvalue weighted by Crippen LogP contribution is -2.01. The lowest BCUT2D eigenvalue weighted by Gasteiger charge is -2.09. The van der Waals surface area contributed by atoms with Crippen LogP contribution >= 0.6 is 31.9 Å². The van der Waals surface area contributed by atoms with Crippen molar-refractivity contribution in [1.29, 1.82) is 0 Å². The minimum Gasteiger partial charge on any atom is -0.357 e. The average Bonchev–Trinajstić information content (AvgIpc) is 2.36. The standard InChI is InChI=1S/C11H9Br2FN4/c1-15-11-16-5-8(13)10(18-11)17-6-2-3-9(14)7(12)4-6/h2-5H,1H3,(H2,15,16,17,18). The summed E-state index contributed by atoms with van der Waals surface area (Å²) in [6, 6.07) is 4.65. The normalized spacial score (nSPS) is 10.2. The van der Waals surface area contributed by atoms with Gasteiger partial charge < -0.3 is 10.6 Å². The first-order valence-electron chi connectivity index (χ1n) is 5.02. The lowest BCUT2D eigenvalue weighted by molar-refractivity contribution is 0.621. The maximum Gasteiger partial charge on any atom is 0.224 e. The minimum absolute atomic E-state index is 0.307. The summed E-state index contributed by atoms with van der Waals surface area (Å²) < 4.78 is 14.2. The maximum atomic E-state index is 13.1. The van der Waals surface area contributed by atoms with Crippen LogP contribution in [0.25, 0.3) is 0 Å². The van der Waals surface area contributed by atoms with Crippen LogP contribution < -0.4 is 10.6 Å². The molecule has 0 aliphatic carbocycles. The Labute approximate surface area is 120 Å². The summed E-state index contributed by atoms with van der Waals surface area (Å²) in [5, 5.41) is 5.93. The van der Waals surface area contributed by atoms with Gasteiger partial charge in [-0.15, -0.1) is 0 Å². The molecule has 2 N–H and O–H groups in total. The van der Waals surface area contributed by atoms with E-state index in [1.165, 1.54) is 6.07 Å². The SMILES string of the molecule is CNc1ncc(Br)c(Nc2ccc(F)c(Br)c2)n1. The fourth-order valence-corrected chi connectivity index (χ4v) is 1.95. The predicted molar refractivity (Wildman–Crippen MR) is 76.7 cm³/mol. The van der Waals surface area contributed by atoms with Crippen molar-refractivity contribution in [2.45, 2.75) is 0 Å². The monoisotopic (exact) mass is 374 g/mol. The molecule has 0 aliphatic rings. The van der Waals surface area contributed by atoms with Gasteiger partial charge in [0.15, 0.2) is 0 Å². The summed E-state index contributed by atoms with van der Waals surface area (Å²) in [5.74, 6) is 0.799. The first-order valence-corrected chi connectivity index (χ1v) is 6.61. The molecule has 18 heavy (non-hydrogen) atoms. The molecule has 0 amide bonds. The number of benzene rings is 1. The van der Waals surface area contributed by atoms with E-state index in [2.05, 4.69) is 52.5 Å². The van der Waals surface area contributed by atoms with E-state index in [1.54, 1.807) is 25.4 Å². The first kappa shape index (κ1) is 13.2. The highest BCUT2D eigenvalue weighted by Gasteiger charge is 2.06. The molecule has 1 aromatic heterocycles. The fraction of sp³-hybridized carbons (Fsp3) is 0.0909. The van der Waals surface area contributed by atoms with E-state index in [4.69, 9.17) is 0 Å². The van der Waals surface area contributed by atoms with E-state index in [0.717, 1.165) is 10.2 Å². The fourth-order valence-electron chi connectivity index (χ4n) is 1.29. The van der Waals surface area contributed by atoms with Crippen molar-refractivity contribution in [3.63, 3.8) is 0 Å². The van der Waals surface area contributed by atoms with Crippen LogP contribution in [0, 0.1) is 5.82 Å². The van der Waals surface area contributed by atoms with Crippen molar-refractivity contribution >= 4 is 49.3 Å². The van der Waals surface area contributed by atoms with Crippen LogP contribution in [-0.4, -0.2) is 17.0 Å². The van der Waals surface area contributed by atoms with Crippen molar-refractivity contribution < 1.29 is 4.39 Å². The van der Waals surface area contributed by atoms with Crippen molar-refractivity contribution in [2.24, 2.45) is 0 Å². The first-order chi connectivity index (χ1) is 8.60. The van der Waals surface area contributed by atoms with E-state index >= 15 is 0 Å². The molecule has 4 nitrogen and oxygen atoms in total. The average molecular weight is 376 g/mol.